The van der Waals surface area contributed by atoms with Gasteiger partial charge < -0.3 is 36.5 Å². The predicted octanol–water partition coefficient (Wildman–Crippen LogP) is 3.75. The Morgan fingerprint density at radius 2 is 1.67 bits per heavy atom. The summed E-state index contributed by atoms with van der Waals surface area (Å²) in [5, 5.41) is 19.6. The molecule has 42 heavy (non-hydrogen) atoms. The van der Waals surface area contributed by atoms with Crippen LogP contribution in [0.25, 0.3) is 10.9 Å². The molecule has 2 unspecified atom stereocenters. The molecule has 0 spiro atoms. The van der Waals surface area contributed by atoms with Crippen molar-refractivity contribution < 1.29 is 24.2 Å². The van der Waals surface area contributed by atoms with Gasteiger partial charge in [-0.2, -0.15) is 0 Å². The van der Waals surface area contributed by atoms with Crippen molar-refractivity contribution in [1.29, 1.82) is 0 Å². The molecule has 10 heteroatoms. The Labute approximate surface area is 244 Å². The number of aromatic hydroxyl groups is 1. The molecule has 0 saturated carbocycles. The molecule has 3 aromatic carbocycles. The molecule has 0 aliphatic carbocycles. The third-order valence-corrected chi connectivity index (χ3v) is 6.81. The Hall–Kier alpha value is -4.83. The fraction of sp³-hybridized carbons (Fsp3) is 0.281. The number of H-pyrrole nitrogens is 1. The number of hydrogen-bond donors (Lipinski definition) is 6. The first kappa shape index (κ1) is 30.1. The van der Waals surface area contributed by atoms with Crippen LogP contribution >= 0.6 is 0 Å². The molecule has 0 radical (unpaired) electrons. The van der Waals surface area contributed by atoms with E-state index < -0.39 is 18.0 Å². The number of carbonyl (C=O) groups excluding carboxylic acids is 3. The van der Waals surface area contributed by atoms with Gasteiger partial charge in [-0.05, 0) is 61.2 Å². The van der Waals surface area contributed by atoms with Crippen LogP contribution in [-0.2, 0) is 27.4 Å². The first-order valence-corrected chi connectivity index (χ1v) is 14.0. The highest BCUT2D eigenvalue weighted by atomic mass is 16.5. The summed E-state index contributed by atoms with van der Waals surface area (Å²) < 4.78 is 5.81. The lowest BCUT2D eigenvalue weighted by Crippen LogP contribution is -2.53. The smallest absolute Gasteiger partial charge is 0.246 e. The molecular formula is C32H37N5O5. The standard InChI is InChI=1S/C32H37N5O5/c1-21(38)35-28(17-22-7-3-2-4-8-22)32(41)37-26(9-5-6-15-33)31(40)36-25-12-10-23(11-13-25)20-42-30-18-24-14-16-34-27(24)19-29(30)39/h2-4,7-8,10-14,16,18-19,26,28,34,39H,5-6,9,15,17,20,33H2,1H3,(H,35,38)(H,36,40)(H,37,41). The number of nitrogens with one attached hydrogen (secondary N) is 4. The number of aromatic amines is 1. The van der Waals surface area contributed by atoms with Crippen molar-refractivity contribution in [2.75, 3.05) is 11.9 Å². The minimum absolute atomic E-state index is 0.0427. The van der Waals surface area contributed by atoms with Gasteiger partial charge in [0.15, 0.2) is 11.5 Å². The molecule has 3 amide bonds. The summed E-state index contributed by atoms with van der Waals surface area (Å²) in [6, 6.07) is 20.1. The lowest BCUT2D eigenvalue weighted by Gasteiger charge is -2.23. The van der Waals surface area contributed by atoms with E-state index in [0.29, 0.717) is 43.7 Å². The van der Waals surface area contributed by atoms with Crippen LogP contribution in [0.2, 0.25) is 0 Å². The third-order valence-electron chi connectivity index (χ3n) is 6.81. The predicted molar refractivity (Wildman–Crippen MR) is 162 cm³/mol. The van der Waals surface area contributed by atoms with Crippen LogP contribution in [-0.4, -0.2) is 46.4 Å². The highest BCUT2D eigenvalue weighted by Gasteiger charge is 2.26. The molecule has 4 aromatic rings. The van der Waals surface area contributed by atoms with Crippen molar-refractivity contribution >= 4 is 34.3 Å². The number of ether oxygens (including phenoxy) is 1. The first-order chi connectivity index (χ1) is 20.3. The van der Waals surface area contributed by atoms with Crippen LogP contribution < -0.4 is 26.4 Å². The van der Waals surface area contributed by atoms with Gasteiger partial charge in [0.1, 0.15) is 18.7 Å². The van der Waals surface area contributed by atoms with Gasteiger partial charge in [-0.25, -0.2) is 0 Å². The Balaban J connectivity index is 1.38. The number of anilines is 1. The van der Waals surface area contributed by atoms with Gasteiger partial charge in [0.2, 0.25) is 17.7 Å². The molecule has 4 rings (SSSR count). The van der Waals surface area contributed by atoms with Crippen molar-refractivity contribution in [2.45, 2.75) is 51.3 Å². The summed E-state index contributed by atoms with van der Waals surface area (Å²) >= 11 is 0. The Kier molecular flexibility index (Phi) is 10.5. The second kappa shape index (κ2) is 14.7. The maximum atomic E-state index is 13.3. The van der Waals surface area contributed by atoms with Gasteiger partial charge in [0.25, 0.3) is 0 Å². The number of phenolic OH excluding ortho intramolecular Hbond substituents is 1. The SMILES string of the molecule is CC(=O)NC(Cc1ccccc1)C(=O)NC(CCCCN)C(=O)Nc1ccc(COc2cc3cc[nH]c3cc2O)cc1. The van der Waals surface area contributed by atoms with Crippen molar-refractivity contribution in [1.82, 2.24) is 15.6 Å². The number of benzene rings is 3. The summed E-state index contributed by atoms with van der Waals surface area (Å²) in [5.41, 5.74) is 8.75. The quantitative estimate of drug-likeness (QED) is 0.127. The summed E-state index contributed by atoms with van der Waals surface area (Å²) in [6.45, 7) is 2.06. The topological polar surface area (TPSA) is 159 Å². The molecule has 1 heterocycles. The van der Waals surface area contributed by atoms with Crippen molar-refractivity contribution in [3.63, 3.8) is 0 Å². The van der Waals surface area contributed by atoms with E-state index in [1.54, 1.807) is 30.5 Å². The van der Waals surface area contributed by atoms with Gasteiger partial charge >= 0.3 is 0 Å². The number of amides is 3. The van der Waals surface area contributed by atoms with E-state index in [0.717, 1.165) is 22.0 Å². The Morgan fingerprint density at radius 3 is 2.38 bits per heavy atom. The molecule has 1 aromatic heterocycles. The molecule has 0 aliphatic rings. The molecule has 220 valence electrons. The molecular weight excluding hydrogens is 534 g/mol. The van der Waals surface area contributed by atoms with Gasteiger partial charge in [0.05, 0.1) is 0 Å². The van der Waals surface area contributed by atoms with Crippen molar-refractivity contribution in [2.24, 2.45) is 5.73 Å². The second-order valence-corrected chi connectivity index (χ2v) is 10.1. The summed E-state index contributed by atoms with van der Waals surface area (Å²) in [6.07, 6.45) is 3.84. The number of carbonyl (C=O) groups is 3. The molecule has 0 saturated heterocycles. The average Bonchev–Trinajstić information content (AvgIpc) is 3.43. The zero-order chi connectivity index (χ0) is 29.9. The summed E-state index contributed by atoms with van der Waals surface area (Å²) in [7, 11) is 0. The zero-order valence-corrected chi connectivity index (χ0v) is 23.6. The average molecular weight is 572 g/mol. The van der Waals surface area contributed by atoms with Crippen LogP contribution in [0.1, 0.15) is 37.3 Å². The van der Waals surface area contributed by atoms with Gasteiger partial charge in [-0.3, -0.25) is 14.4 Å². The Bertz CT molecular complexity index is 1490. The van der Waals surface area contributed by atoms with Gasteiger partial charge in [-0.15, -0.1) is 0 Å². The van der Waals surface area contributed by atoms with E-state index in [1.165, 1.54) is 6.92 Å². The molecule has 7 N–H and O–H groups in total. The lowest BCUT2D eigenvalue weighted by molar-refractivity contribution is -0.130. The third kappa shape index (κ3) is 8.58. The number of rotatable bonds is 14. The van der Waals surface area contributed by atoms with Crippen molar-refractivity contribution in [3.8, 4) is 11.5 Å². The highest BCUT2D eigenvalue weighted by molar-refractivity contribution is 5.98. The first-order valence-electron chi connectivity index (χ1n) is 14.0. The van der Waals surface area contributed by atoms with E-state index in [2.05, 4.69) is 20.9 Å². The molecule has 0 fully saturated rings. The minimum atomic E-state index is -0.827. The van der Waals surface area contributed by atoms with E-state index in [1.807, 2.05) is 48.5 Å². The van der Waals surface area contributed by atoms with E-state index in [-0.39, 0.29) is 24.2 Å². The second-order valence-electron chi connectivity index (χ2n) is 10.1. The maximum Gasteiger partial charge on any atom is 0.246 e. The van der Waals surface area contributed by atoms with Crippen molar-refractivity contribution in [3.05, 3.63) is 90.1 Å². The normalized spacial score (nSPS) is 12.3. The summed E-state index contributed by atoms with van der Waals surface area (Å²) in [4.78, 5) is 41.4. The number of fused-ring (bicyclic) bond motifs is 1. The zero-order valence-electron chi connectivity index (χ0n) is 23.6. The molecule has 0 aliphatic heterocycles. The van der Waals surface area contributed by atoms with Crippen LogP contribution in [0.15, 0.2) is 79.0 Å². The number of aromatic nitrogens is 1. The monoisotopic (exact) mass is 571 g/mol. The molecule has 10 nitrogen and oxygen atoms in total. The highest BCUT2D eigenvalue weighted by Crippen LogP contribution is 2.31. The van der Waals surface area contributed by atoms with Crippen LogP contribution in [0.4, 0.5) is 5.69 Å². The number of unbranched alkanes of at least 4 members (excludes halogenated alkanes) is 1. The largest absolute Gasteiger partial charge is 0.504 e. The number of nitrogens with two attached hydrogens (primary N) is 1. The van der Waals surface area contributed by atoms with Crippen LogP contribution in [0.3, 0.4) is 0 Å². The fourth-order valence-corrected chi connectivity index (χ4v) is 4.60. The van der Waals surface area contributed by atoms with E-state index in [9.17, 15) is 19.5 Å². The van der Waals surface area contributed by atoms with E-state index in [4.69, 9.17) is 10.5 Å². The molecule has 0 bridgehead atoms. The van der Waals surface area contributed by atoms with Crippen LogP contribution in [0.5, 0.6) is 11.5 Å². The van der Waals surface area contributed by atoms with Gasteiger partial charge in [0, 0.05) is 42.2 Å². The molecule has 2 atom stereocenters. The van der Waals surface area contributed by atoms with Crippen LogP contribution in [0, 0.1) is 0 Å². The van der Waals surface area contributed by atoms with Gasteiger partial charge in [-0.1, -0.05) is 42.5 Å². The number of phenols is 1. The number of hydrogen-bond acceptors (Lipinski definition) is 6. The Morgan fingerprint density at radius 1 is 0.905 bits per heavy atom. The fourth-order valence-electron chi connectivity index (χ4n) is 4.60. The summed E-state index contributed by atoms with van der Waals surface area (Å²) in [5.74, 6) is -0.716. The van der Waals surface area contributed by atoms with E-state index >= 15 is 0 Å². The minimum Gasteiger partial charge on any atom is -0.504 e. The lowest BCUT2D eigenvalue weighted by atomic mass is 10.0. The maximum absolute atomic E-state index is 13.3.